The van der Waals surface area contributed by atoms with E-state index in [1.165, 1.54) is 25.0 Å². The molecule has 140 valence electrons. The molecule has 27 heavy (non-hydrogen) atoms. The van der Waals surface area contributed by atoms with Gasteiger partial charge < -0.3 is 9.84 Å². The lowest BCUT2D eigenvalue weighted by Crippen LogP contribution is -2.23. The highest BCUT2D eigenvalue weighted by molar-refractivity contribution is 5.48. The smallest absolute Gasteiger partial charge is 0.230 e. The Morgan fingerprint density at radius 2 is 2.15 bits per heavy atom. The van der Waals surface area contributed by atoms with Crippen LogP contribution in [0.2, 0.25) is 0 Å². The van der Waals surface area contributed by atoms with Crippen molar-refractivity contribution in [3.8, 4) is 11.5 Å². The van der Waals surface area contributed by atoms with Crippen molar-refractivity contribution < 1.29 is 4.52 Å². The second-order valence-electron chi connectivity index (χ2n) is 7.23. The third-order valence-corrected chi connectivity index (χ3v) is 5.49. The topological polar surface area (TPSA) is 107 Å². The monoisotopic (exact) mass is 366 g/mol. The molecule has 0 spiro atoms. The average molecular weight is 366 g/mol. The van der Waals surface area contributed by atoms with E-state index in [-0.39, 0.29) is 5.92 Å². The number of aryl methyl sites for hydroxylation is 1. The minimum absolute atomic E-state index is 0.199. The fourth-order valence-electron chi connectivity index (χ4n) is 3.75. The largest absolute Gasteiger partial charge is 0.369 e. The summed E-state index contributed by atoms with van der Waals surface area (Å²) in [5, 5.41) is 16.0. The van der Waals surface area contributed by atoms with Crippen molar-refractivity contribution in [2.45, 2.75) is 57.4 Å². The lowest BCUT2D eigenvalue weighted by atomic mass is 9.87. The highest BCUT2D eigenvalue weighted by atomic mass is 16.5. The van der Waals surface area contributed by atoms with Gasteiger partial charge in [-0.25, -0.2) is 14.6 Å². The number of hydrogen-bond acceptors (Lipinski definition) is 8. The van der Waals surface area contributed by atoms with Crippen LogP contribution < -0.4 is 5.32 Å². The maximum atomic E-state index is 5.57. The molecular weight excluding hydrogens is 344 g/mol. The van der Waals surface area contributed by atoms with Gasteiger partial charge in [-0.2, -0.15) is 4.98 Å². The van der Waals surface area contributed by atoms with Crippen LogP contribution in [0.5, 0.6) is 0 Å². The summed E-state index contributed by atoms with van der Waals surface area (Å²) in [6, 6.07) is 0.517. The van der Waals surface area contributed by atoms with Crippen molar-refractivity contribution in [1.29, 1.82) is 0 Å². The van der Waals surface area contributed by atoms with Crippen molar-refractivity contribution in [3.05, 3.63) is 29.7 Å². The molecule has 9 nitrogen and oxygen atoms in total. The average Bonchev–Trinajstić information content (AvgIpc) is 3.29. The summed E-state index contributed by atoms with van der Waals surface area (Å²) in [7, 11) is 0. The predicted molar refractivity (Wildman–Crippen MR) is 97.2 cm³/mol. The zero-order valence-electron chi connectivity index (χ0n) is 15.3. The standard InChI is InChI=1S/C18H22N8O/c1-2-19-16-10-20-14(9-21-16)17-22-18(27-24-17)11-6-7-13-15(8-11)26(25-23-13)12-4-3-5-12/h9-12H,2-8H2,1H3,(H,19,21). The Bertz CT molecular complexity index is 927. The maximum absolute atomic E-state index is 5.57. The van der Waals surface area contributed by atoms with Crippen molar-refractivity contribution in [1.82, 2.24) is 35.1 Å². The summed E-state index contributed by atoms with van der Waals surface area (Å²) in [5.74, 6) is 2.08. The second-order valence-corrected chi connectivity index (χ2v) is 7.23. The van der Waals surface area contributed by atoms with Gasteiger partial charge in [-0.3, -0.25) is 0 Å². The SMILES string of the molecule is CCNc1cnc(-c2noc(C3CCc4nnn(C5CCC5)c4C3)n2)cn1. The Morgan fingerprint density at radius 3 is 2.89 bits per heavy atom. The fraction of sp³-hybridized carbons (Fsp3) is 0.556. The molecule has 5 rings (SSSR count). The molecule has 0 amide bonds. The number of aromatic nitrogens is 7. The Labute approximate surface area is 156 Å². The maximum Gasteiger partial charge on any atom is 0.230 e. The first-order valence-corrected chi connectivity index (χ1v) is 9.64. The Kier molecular flexibility index (Phi) is 4.06. The van der Waals surface area contributed by atoms with Crippen LogP contribution in [-0.4, -0.2) is 41.6 Å². The lowest BCUT2D eigenvalue weighted by molar-refractivity contribution is 0.271. The lowest BCUT2D eigenvalue weighted by Gasteiger charge is -2.28. The number of nitrogens with zero attached hydrogens (tertiary/aromatic N) is 7. The molecule has 0 aliphatic heterocycles. The van der Waals surface area contributed by atoms with Gasteiger partial charge in [0, 0.05) is 18.9 Å². The van der Waals surface area contributed by atoms with E-state index in [9.17, 15) is 0 Å². The first-order chi connectivity index (χ1) is 13.3. The molecule has 1 saturated carbocycles. The van der Waals surface area contributed by atoms with E-state index < -0.39 is 0 Å². The molecule has 1 unspecified atom stereocenters. The highest BCUT2D eigenvalue weighted by Crippen LogP contribution is 2.37. The van der Waals surface area contributed by atoms with Crippen LogP contribution in [0, 0.1) is 0 Å². The number of hydrogen-bond donors (Lipinski definition) is 1. The van der Waals surface area contributed by atoms with Crippen molar-refractivity contribution in [2.24, 2.45) is 0 Å². The molecule has 1 N–H and O–H groups in total. The zero-order valence-corrected chi connectivity index (χ0v) is 15.3. The van der Waals surface area contributed by atoms with Crippen LogP contribution in [-0.2, 0) is 12.8 Å². The summed E-state index contributed by atoms with van der Waals surface area (Å²) < 4.78 is 7.71. The van der Waals surface area contributed by atoms with Crippen LogP contribution in [0.1, 0.15) is 61.8 Å². The Morgan fingerprint density at radius 1 is 1.22 bits per heavy atom. The van der Waals surface area contributed by atoms with E-state index in [0.29, 0.717) is 23.5 Å². The van der Waals surface area contributed by atoms with Gasteiger partial charge in [0.15, 0.2) is 0 Å². The van der Waals surface area contributed by atoms with Gasteiger partial charge in [0.05, 0.1) is 29.8 Å². The molecule has 0 bridgehead atoms. The minimum Gasteiger partial charge on any atom is -0.369 e. The van der Waals surface area contributed by atoms with Crippen molar-refractivity contribution >= 4 is 5.82 Å². The van der Waals surface area contributed by atoms with E-state index in [1.807, 2.05) is 6.92 Å². The molecule has 9 heteroatoms. The first kappa shape index (κ1) is 16.3. The van der Waals surface area contributed by atoms with Gasteiger partial charge in [-0.1, -0.05) is 10.4 Å². The molecule has 3 aromatic heterocycles. The van der Waals surface area contributed by atoms with Gasteiger partial charge in [0.1, 0.15) is 11.5 Å². The Hall–Kier alpha value is -2.84. The first-order valence-electron chi connectivity index (χ1n) is 9.64. The van der Waals surface area contributed by atoms with Crippen molar-refractivity contribution in [3.63, 3.8) is 0 Å². The van der Waals surface area contributed by atoms with Crippen molar-refractivity contribution in [2.75, 3.05) is 11.9 Å². The summed E-state index contributed by atoms with van der Waals surface area (Å²) in [6.07, 6.45) is 9.74. The quantitative estimate of drug-likeness (QED) is 0.734. The summed E-state index contributed by atoms with van der Waals surface area (Å²) in [6.45, 7) is 2.82. The summed E-state index contributed by atoms with van der Waals surface area (Å²) in [4.78, 5) is 13.3. The number of nitrogens with one attached hydrogen (secondary N) is 1. The van der Waals surface area contributed by atoms with Gasteiger partial charge in [0.25, 0.3) is 0 Å². The van der Waals surface area contributed by atoms with Crippen LogP contribution in [0.25, 0.3) is 11.5 Å². The van der Waals surface area contributed by atoms with Crippen LogP contribution in [0.3, 0.4) is 0 Å². The van der Waals surface area contributed by atoms with Crippen LogP contribution in [0.4, 0.5) is 5.82 Å². The van der Waals surface area contributed by atoms with Gasteiger partial charge >= 0.3 is 0 Å². The molecule has 3 aromatic rings. The van der Waals surface area contributed by atoms with E-state index >= 15 is 0 Å². The van der Waals surface area contributed by atoms with Gasteiger partial charge in [0.2, 0.25) is 11.7 Å². The molecule has 1 atom stereocenters. The molecule has 0 aromatic carbocycles. The third kappa shape index (κ3) is 2.96. The summed E-state index contributed by atoms with van der Waals surface area (Å²) >= 11 is 0. The summed E-state index contributed by atoms with van der Waals surface area (Å²) in [5.41, 5.74) is 2.98. The normalized spacial score (nSPS) is 19.5. The molecule has 3 heterocycles. The molecule has 0 saturated heterocycles. The Balaban J connectivity index is 1.35. The number of anilines is 1. The number of fused-ring (bicyclic) bond motifs is 1. The van der Waals surface area contributed by atoms with E-state index in [4.69, 9.17) is 4.52 Å². The van der Waals surface area contributed by atoms with Gasteiger partial charge in [-0.15, -0.1) is 5.10 Å². The van der Waals surface area contributed by atoms with E-state index in [1.54, 1.807) is 12.4 Å². The number of rotatable bonds is 5. The third-order valence-electron chi connectivity index (χ3n) is 5.49. The fourth-order valence-corrected chi connectivity index (χ4v) is 3.75. The molecular formula is C18H22N8O. The molecule has 0 radical (unpaired) electrons. The van der Waals surface area contributed by atoms with E-state index in [0.717, 1.165) is 37.3 Å². The predicted octanol–water partition coefficient (Wildman–Crippen LogP) is 2.55. The van der Waals surface area contributed by atoms with Crippen LogP contribution >= 0.6 is 0 Å². The molecule has 1 fully saturated rings. The van der Waals surface area contributed by atoms with Gasteiger partial charge in [-0.05, 0) is 39.0 Å². The van der Waals surface area contributed by atoms with E-state index in [2.05, 4.69) is 40.4 Å². The zero-order chi connectivity index (χ0) is 18.2. The highest BCUT2D eigenvalue weighted by Gasteiger charge is 2.32. The second kappa shape index (κ2) is 6.71. The molecule has 2 aliphatic carbocycles. The van der Waals surface area contributed by atoms with Crippen LogP contribution in [0.15, 0.2) is 16.9 Å². The minimum atomic E-state index is 0.199. The molecule has 2 aliphatic rings.